The summed E-state index contributed by atoms with van der Waals surface area (Å²) in [6.45, 7) is 1.51. The minimum Gasteiger partial charge on any atom is -0.393 e. The van der Waals surface area contributed by atoms with Gasteiger partial charge in [-0.15, -0.1) is 0 Å². The molecular formula is C14H14O4. The first kappa shape index (κ1) is 10.5. The molecule has 2 bridgehead atoms. The van der Waals surface area contributed by atoms with E-state index in [2.05, 4.69) is 12.2 Å². The predicted molar refractivity (Wildman–Crippen MR) is 61.3 cm³/mol. The summed E-state index contributed by atoms with van der Waals surface area (Å²) in [7, 11) is 0. The van der Waals surface area contributed by atoms with E-state index in [4.69, 9.17) is 9.47 Å². The number of hydrogen-bond donors (Lipinski definition) is 0. The van der Waals surface area contributed by atoms with Crippen molar-refractivity contribution in [1.29, 1.82) is 0 Å². The fraction of sp³-hybridized carbons (Fsp3) is 0.571. The molecule has 4 rings (SSSR count). The first-order chi connectivity index (χ1) is 8.77. The van der Waals surface area contributed by atoms with Crippen LogP contribution in [0.2, 0.25) is 0 Å². The first-order valence-corrected chi connectivity index (χ1v) is 6.51. The molecule has 0 spiro atoms. The first-order valence-electron chi connectivity index (χ1n) is 6.51. The summed E-state index contributed by atoms with van der Waals surface area (Å²) in [5, 5.41) is 0. The number of allylic oxidation sites excluding steroid dienone is 3. The smallest absolute Gasteiger partial charge is 0.318 e. The van der Waals surface area contributed by atoms with Gasteiger partial charge in [0.1, 0.15) is 0 Å². The molecule has 0 aromatic rings. The fourth-order valence-corrected chi connectivity index (χ4v) is 3.94. The number of carbonyl (C=O) groups is 2. The molecule has 2 heterocycles. The van der Waals surface area contributed by atoms with Crippen LogP contribution in [0, 0.1) is 23.7 Å². The Morgan fingerprint density at radius 3 is 2.06 bits per heavy atom. The number of rotatable bonds is 0. The Hall–Kier alpha value is -1.42. The Balaban J connectivity index is 1.78. The zero-order valence-electron chi connectivity index (χ0n) is 9.93. The summed E-state index contributed by atoms with van der Waals surface area (Å²) in [6, 6.07) is 0. The molecule has 4 heteroatoms. The van der Waals surface area contributed by atoms with Crippen LogP contribution in [0.5, 0.6) is 0 Å². The second-order valence-corrected chi connectivity index (χ2v) is 5.40. The van der Waals surface area contributed by atoms with Crippen molar-refractivity contribution in [2.75, 3.05) is 13.2 Å². The number of fused-ring (bicyclic) bond motifs is 5. The summed E-state index contributed by atoms with van der Waals surface area (Å²) in [5.74, 6) is -0.950. The molecule has 4 atom stereocenters. The summed E-state index contributed by atoms with van der Waals surface area (Å²) >= 11 is 0. The summed E-state index contributed by atoms with van der Waals surface area (Å²) in [4.78, 5) is 23.5. The SMILES string of the molecule is O=C1OC(=O)C2C3C=CC(C3=C3CCOCC3)C12. The summed E-state index contributed by atoms with van der Waals surface area (Å²) in [5.41, 5.74) is 2.72. The maximum Gasteiger partial charge on any atom is 0.318 e. The topological polar surface area (TPSA) is 52.6 Å². The van der Waals surface area contributed by atoms with Crippen molar-refractivity contribution in [3.8, 4) is 0 Å². The lowest BCUT2D eigenvalue weighted by Gasteiger charge is -2.20. The molecule has 4 aliphatic rings. The van der Waals surface area contributed by atoms with Gasteiger partial charge in [0.2, 0.25) is 0 Å². The number of hydrogen-bond acceptors (Lipinski definition) is 4. The van der Waals surface area contributed by atoms with Gasteiger partial charge in [0.25, 0.3) is 0 Å². The van der Waals surface area contributed by atoms with Crippen molar-refractivity contribution in [2.45, 2.75) is 12.8 Å². The van der Waals surface area contributed by atoms with Gasteiger partial charge in [-0.2, -0.15) is 0 Å². The van der Waals surface area contributed by atoms with Crippen molar-refractivity contribution in [3.05, 3.63) is 23.3 Å². The molecule has 2 aliphatic carbocycles. The quantitative estimate of drug-likeness (QED) is 0.366. The van der Waals surface area contributed by atoms with Crippen LogP contribution in [-0.4, -0.2) is 25.2 Å². The van der Waals surface area contributed by atoms with Crippen LogP contribution in [-0.2, 0) is 19.1 Å². The average Bonchev–Trinajstić information content (AvgIpc) is 3.02. The van der Waals surface area contributed by atoms with Crippen LogP contribution >= 0.6 is 0 Å². The van der Waals surface area contributed by atoms with E-state index in [1.807, 2.05) is 0 Å². The molecule has 1 saturated carbocycles. The van der Waals surface area contributed by atoms with E-state index in [1.165, 1.54) is 11.1 Å². The maximum absolute atomic E-state index is 11.8. The highest BCUT2D eigenvalue weighted by Gasteiger charge is 2.60. The van der Waals surface area contributed by atoms with Gasteiger partial charge < -0.3 is 9.47 Å². The normalized spacial score (nSPS) is 41.6. The van der Waals surface area contributed by atoms with E-state index < -0.39 is 0 Å². The lowest BCUT2D eigenvalue weighted by atomic mass is 9.85. The Morgan fingerprint density at radius 1 is 0.944 bits per heavy atom. The zero-order valence-corrected chi connectivity index (χ0v) is 9.93. The molecule has 94 valence electrons. The third-order valence-corrected chi connectivity index (χ3v) is 4.65. The lowest BCUT2D eigenvalue weighted by Crippen LogP contribution is -2.21. The molecule has 0 aromatic heterocycles. The molecule has 0 amide bonds. The van der Waals surface area contributed by atoms with Crippen molar-refractivity contribution in [1.82, 2.24) is 0 Å². The largest absolute Gasteiger partial charge is 0.393 e. The molecular weight excluding hydrogens is 232 g/mol. The molecule has 0 N–H and O–H groups in total. The Morgan fingerprint density at radius 2 is 1.50 bits per heavy atom. The van der Waals surface area contributed by atoms with Gasteiger partial charge in [-0.25, -0.2) is 0 Å². The number of esters is 2. The van der Waals surface area contributed by atoms with Crippen molar-refractivity contribution < 1.29 is 19.1 Å². The number of ether oxygens (including phenoxy) is 2. The van der Waals surface area contributed by atoms with E-state index >= 15 is 0 Å². The van der Waals surface area contributed by atoms with Crippen molar-refractivity contribution in [2.24, 2.45) is 23.7 Å². The molecule has 0 radical (unpaired) electrons. The highest BCUT2D eigenvalue weighted by Crippen LogP contribution is 2.56. The van der Waals surface area contributed by atoms with E-state index in [0.717, 1.165) is 26.1 Å². The number of cyclic esters (lactones) is 2. The van der Waals surface area contributed by atoms with Gasteiger partial charge in [0.05, 0.1) is 25.0 Å². The summed E-state index contributed by atoms with van der Waals surface area (Å²) in [6.07, 6.45) is 6.05. The lowest BCUT2D eigenvalue weighted by molar-refractivity contribution is -0.154. The predicted octanol–water partition coefficient (Wildman–Crippen LogP) is 1.22. The van der Waals surface area contributed by atoms with Gasteiger partial charge in [-0.3, -0.25) is 9.59 Å². The molecule has 2 aliphatic heterocycles. The molecule has 18 heavy (non-hydrogen) atoms. The second-order valence-electron chi connectivity index (χ2n) is 5.40. The number of carbonyl (C=O) groups excluding carboxylic acids is 2. The van der Waals surface area contributed by atoms with Gasteiger partial charge in [0.15, 0.2) is 0 Å². The van der Waals surface area contributed by atoms with Crippen LogP contribution in [0.1, 0.15) is 12.8 Å². The third-order valence-electron chi connectivity index (χ3n) is 4.65. The molecule has 2 saturated heterocycles. The minimum absolute atomic E-state index is 0.104. The van der Waals surface area contributed by atoms with E-state index in [-0.39, 0.29) is 35.6 Å². The Bertz CT molecular complexity index is 462. The monoisotopic (exact) mass is 246 g/mol. The van der Waals surface area contributed by atoms with Crippen molar-refractivity contribution >= 4 is 11.9 Å². The van der Waals surface area contributed by atoms with Crippen LogP contribution in [0.25, 0.3) is 0 Å². The van der Waals surface area contributed by atoms with Gasteiger partial charge in [-0.05, 0) is 12.8 Å². The minimum atomic E-state index is -0.327. The van der Waals surface area contributed by atoms with Crippen LogP contribution in [0.4, 0.5) is 0 Å². The van der Waals surface area contributed by atoms with E-state index in [0.29, 0.717) is 0 Å². The van der Waals surface area contributed by atoms with E-state index in [1.54, 1.807) is 0 Å². The molecule has 3 fully saturated rings. The summed E-state index contributed by atoms with van der Waals surface area (Å²) < 4.78 is 10.2. The van der Waals surface area contributed by atoms with Crippen LogP contribution in [0.3, 0.4) is 0 Å². The van der Waals surface area contributed by atoms with Crippen molar-refractivity contribution in [3.63, 3.8) is 0 Å². The highest BCUT2D eigenvalue weighted by molar-refractivity contribution is 5.99. The molecule has 4 unspecified atom stereocenters. The van der Waals surface area contributed by atoms with E-state index in [9.17, 15) is 9.59 Å². The molecule has 4 nitrogen and oxygen atoms in total. The van der Waals surface area contributed by atoms with Gasteiger partial charge in [-0.1, -0.05) is 23.3 Å². The van der Waals surface area contributed by atoms with Crippen LogP contribution in [0.15, 0.2) is 23.3 Å². The zero-order chi connectivity index (χ0) is 12.3. The third kappa shape index (κ3) is 1.19. The second kappa shape index (κ2) is 3.54. The fourth-order valence-electron chi connectivity index (χ4n) is 3.94. The average molecular weight is 246 g/mol. The Kier molecular flexibility index (Phi) is 2.07. The molecule has 0 aromatic carbocycles. The maximum atomic E-state index is 11.8. The standard InChI is InChI=1S/C14H14O4/c15-13-11-8-1-2-9(12(11)14(16)18-13)10(8)7-3-5-17-6-4-7/h1-2,8-9,11-12H,3-6H2. The van der Waals surface area contributed by atoms with Crippen LogP contribution < -0.4 is 0 Å². The highest BCUT2D eigenvalue weighted by atomic mass is 16.6. The Labute approximate surface area is 105 Å². The van der Waals surface area contributed by atoms with Gasteiger partial charge in [0, 0.05) is 11.8 Å². The van der Waals surface area contributed by atoms with Gasteiger partial charge >= 0.3 is 11.9 Å².